The summed E-state index contributed by atoms with van der Waals surface area (Å²) in [5.41, 5.74) is 4.13. The van der Waals surface area contributed by atoms with Crippen LogP contribution in [0.15, 0.2) is 42.5 Å². The van der Waals surface area contributed by atoms with Crippen molar-refractivity contribution in [1.29, 1.82) is 0 Å². The van der Waals surface area contributed by atoms with Gasteiger partial charge in [0, 0.05) is 5.69 Å². The van der Waals surface area contributed by atoms with E-state index in [1.54, 1.807) is 25.1 Å². The Morgan fingerprint density at radius 2 is 1.79 bits per heavy atom. The Labute approximate surface area is 168 Å². The maximum Gasteiger partial charge on any atom is 0.278 e. The molecule has 2 aromatic carbocycles. The van der Waals surface area contributed by atoms with E-state index in [9.17, 15) is 9.59 Å². The predicted octanol–water partition coefficient (Wildman–Crippen LogP) is 3.10. The summed E-state index contributed by atoms with van der Waals surface area (Å²) >= 11 is 0. The number of hydrogen-bond acceptors (Lipinski definition) is 5. The molecule has 150 valence electrons. The average Bonchev–Trinajstić information content (AvgIpc) is 3.05. The molecule has 0 saturated carbocycles. The highest BCUT2D eigenvalue weighted by molar-refractivity contribution is 6.04. The van der Waals surface area contributed by atoms with Gasteiger partial charge in [-0.05, 0) is 56.2 Å². The highest BCUT2D eigenvalue weighted by Crippen LogP contribution is 2.23. The lowest BCUT2D eigenvalue weighted by Gasteiger charge is -2.09. The number of carbonyl (C=O) groups is 2. The second-order valence-corrected chi connectivity index (χ2v) is 6.68. The smallest absolute Gasteiger partial charge is 0.278 e. The molecule has 0 aliphatic rings. The van der Waals surface area contributed by atoms with Crippen LogP contribution in [0, 0.1) is 20.8 Å². The number of amides is 2. The normalized spacial score (nSPS) is 10.5. The summed E-state index contributed by atoms with van der Waals surface area (Å²) in [6, 6.07) is 12.8. The minimum atomic E-state index is -0.423. The molecule has 1 heterocycles. The Morgan fingerprint density at radius 3 is 2.52 bits per heavy atom. The van der Waals surface area contributed by atoms with Crippen LogP contribution in [-0.4, -0.2) is 33.9 Å². The van der Waals surface area contributed by atoms with Crippen molar-refractivity contribution in [3.05, 3.63) is 65.0 Å². The van der Waals surface area contributed by atoms with Gasteiger partial charge in [0.15, 0.2) is 5.69 Å². The van der Waals surface area contributed by atoms with Gasteiger partial charge in [0.2, 0.25) is 5.91 Å². The Kier molecular flexibility index (Phi) is 5.92. The molecule has 0 atom stereocenters. The van der Waals surface area contributed by atoms with E-state index in [2.05, 4.69) is 20.9 Å². The third-order valence-corrected chi connectivity index (χ3v) is 4.64. The number of ether oxygens (including phenoxy) is 1. The number of nitrogens with one attached hydrogen (secondary N) is 2. The van der Waals surface area contributed by atoms with Gasteiger partial charge in [-0.2, -0.15) is 0 Å². The Bertz CT molecular complexity index is 1060. The molecular formula is C21H23N5O3. The molecule has 0 fully saturated rings. The standard InChI is InChI=1S/C21H23N5O3/c1-13-9-10-16(11-14(13)2)22-19(27)12-26-15(3)20(24-25-26)21(28)23-17-7-5-6-8-18(17)29-4/h5-11H,12H2,1-4H3,(H,22,27)(H,23,28). The monoisotopic (exact) mass is 393 g/mol. The summed E-state index contributed by atoms with van der Waals surface area (Å²) < 4.78 is 6.63. The number of hydrogen-bond donors (Lipinski definition) is 2. The Hall–Kier alpha value is -3.68. The van der Waals surface area contributed by atoms with Gasteiger partial charge in [-0.3, -0.25) is 9.59 Å². The fraction of sp³-hybridized carbons (Fsp3) is 0.238. The fourth-order valence-corrected chi connectivity index (χ4v) is 2.81. The quantitative estimate of drug-likeness (QED) is 0.671. The highest BCUT2D eigenvalue weighted by Gasteiger charge is 2.19. The van der Waals surface area contributed by atoms with E-state index in [1.807, 2.05) is 38.1 Å². The molecule has 0 saturated heterocycles. The Balaban J connectivity index is 1.69. The molecule has 2 N–H and O–H groups in total. The van der Waals surface area contributed by atoms with Crippen molar-refractivity contribution >= 4 is 23.2 Å². The summed E-state index contributed by atoms with van der Waals surface area (Å²) in [6.45, 7) is 5.64. The van der Waals surface area contributed by atoms with E-state index >= 15 is 0 Å². The van der Waals surface area contributed by atoms with Gasteiger partial charge >= 0.3 is 0 Å². The lowest BCUT2D eigenvalue weighted by molar-refractivity contribution is -0.117. The molecule has 2 amide bonds. The zero-order chi connectivity index (χ0) is 21.0. The Morgan fingerprint density at radius 1 is 1.03 bits per heavy atom. The molecular weight excluding hydrogens is 370 g/mol. The minimum absolute atomic E-state index is 0.0479. The predicted molar refractivity (Wildman–Crippen MR) is 110 cm³/mol. The maximum absolute atomic E-state index is 12.6. The van der Waals surface area contributed by atoms with E-state index in [4.69, 9.17) is 4.74 Å². The van der Waals surface area contributed by atoms with Crippen LogP contribution in [0.3, 0.4) is 0 Å². The number of rotatable bonds is 6. The number of para-hydroxylation sites is 2. The zero-order valence-corrected chi connectivity index (χ0v) is 16.8. The van der Waals surface area contributed by atoms with Gasteiger partial charge < -0.3 is 15.4 Å². The number of aryl methyl sites for hydroxylation is 2. The van der Waals surface area contributed by atoms with Gasteiger partial charge in [-0.1, -0.05) is 23.4 Å². The van der Waals surface area contributed by atoms with Gasteiger partial charge in [0.1, 0.15) is 12.3 Å². The van der Waals surface area contributed by atoms with Crippen molar-refractivity contribution in [1.82, 2.24) is 15.0 Å². The van der Waals surface area contributed by atoms with Crippen LogP contribution in [0.2, 0.25) is 0 Å². The molecule has 0 spiro atoms. The van der Waals surface area contributed by atoms with Gasteiger partial charge in [0.05, 0.1) is 18.5 Å². The third kappa shape index (κ3) is 4.60. The number of methoxy groups -OCH3 is 1. The molecule has 3 rings (SSSR count). The van der Waals surface area contributed by atoms with E-state index in [-0.39, 0.29) is 18.1 Å². The highest BCUT2D eigenvalue weighted by atomic mass is 16.5. The second-order valence-electron chi connectivity index (χ2n) is 6.68. The molecule has 1 aromatic heterocycles. The second kappa shape index (κ2) is 8.55. The first kappa shape index (κ1) is 20.1. The molecule has 0 aliphatic heterocycles. The van der Waals surface area contributed by atoms with Crippen molar-refractivity contribution in [3.63, 3.8) is 0 Å². The van der Waals surface area contributed by atoms with Crippen LogP contribution >= 0.6 is 0 Å². The molecule has 0 bridgehead atoms. The first-order valence-corrected chi connectivity index (χ1v) is 9.10. The first-order chi connectivity index (χ1) is 13.9. The maximum atomic E-state index is 12.6. The molecule has 3 aromatic rings. The molecule has 0 radical (unpaired) electrons. The summed E-state index contributed by atoms with van der Waals surface area (Å²) in [5.74, 6) is -0.135. The van der Waals surface area contributed by atoms with E-state index in [0.717, 1.165) is 11.1 Å². The van der Waals surface area contributed by atoms with Crippen LogP contribution < -0.4 is 15.4 Å². The zero-order valence-electron chi connectivity index (χ0n) is 16.8. The SMILES string of the molecule is COc1ccccc1NC(=O)c1nnn(CC(=O)Nc2ccc(C)c(C)c2)c1C. The molecule has 29 heavy (non-hydrogen) atoms. The van der Waals surface area contributed by atoms with E-state index in [0.29, 0.717) is 22.8 Å². The van der Waals surface area contributed by atoms with Crippen molar-refractivity contribution in [2.75, 3.05) is 17.7 Å². The van der Waals surface area contributed by atoms with Crippen molar-refractivity contribution in [3.8, 4) is 5.75 Å². The number of aromatic nitrogens is 3. The topological polar surface area (TPSA) is 98.1 Å². The van der Waals surface area contributed by atoms with E-state index < -0.39 is 5.91 Å². The van der Waals surface area contributed by atoms with Crippen LogP contribution in [0.1, 0.15) is 27.3 Å². The molecule has 8 nitrogen and oxygen atoms in total. The van der Waals surface area contributed by atoms with E-state index in [1.165, 1.54) is 11.8 Å². The fourth-order valence-electron chi connectivity index (χ4n) is 2.81. The largest absolute Gasteiger partial charge is 0.495 e. The van der Waals surface area contributed by atoms with Crippen LogP contribution in [0.4, 0.5) is 11.4 Å². The van der Waals surface area contributed by atoms with Gasteiger partial charge in [-0.25, -0.2) is 4.68 Å². The summed E-state index contributed by atoms with van der Waals surface area (Å²) in [5, 5.41) is 13.5. The van der Waals surface area contributed by atoms with Gasteiger partial charge in [-0.15, -0.1) is 5.10 Å². The average molecular weight is 393 g/mol. The van der Waals surface area contributed by atoms with Crippen LogP contribution in [0.5, 0.6) is 5.75 Å². The summed E-state index contributed by atoms with van der Waals surface area (Å²) in [4.78, 5) is 24.9. The number of carbonyl (C=O) groups excluding carboxylic acids is 2. The third-order valence-electron chi connectivity index (χ3n) is 4.64. The number of nitrogens with zero attached hydrogens (tertiary/aromatic N) is 3. The van der Waals surface area contributed by atoms with Crippen molar-refractivity contribution < 1.29 is 14.3 Å². The molecule has 0 unspecified atom stereocenters. The molecule has 8 heteroatoms. The van der Waals surface area contributed by atoms with Crippen molar-refractivity contribution in [2.45, 2.75) is 27.3 Å². The lowest BCUT2D eigenvalue weighted by atomic mass is 10.1. The summed E-state index contributed by atoms with van der Waals surface area (Å²) in [7, 11) is 1.53. The summed E-state index contributed by atoms with van der Waals surface area (Å²) in [6.07, 6.45) is 0. The molecule has 0 aliphatic carbocycles. The van der Waals surface area contributed by atoms with Crippen molar-refractivity contribution in [2.24, 2.45) is 0 Å². The number of anilines is 2. The number of benzene rings is 2. The van der Waals surface area contributed by atoms with Crippen LogP contribution in [0.25, 0.3) is 0 Å². The minimum Gasteiger partial charge on any atom is -0.495 e. The lowest BCUT2D eigenvalue weighted by Crippen LogP contribution is -2.21. The van der Waals surface area contributed by atoms with Crippen LogP contribution in [-0.2, 0) is 11.3 Å². The van der Waals surface area contributed by atoms with Gasteiger partial charge in [0.25, 0.3) is 5.91 Å². The first-order valence-electron chi connectivity index (χ1n) is 9.10.